The molecular weight excluding hydrogens is 322 g/mol. The van der Waals surface area contributed by atoms with Gasteiger partial charge >= 0.3 is 0 Å². The van der Waals surface area contributed by atoms with Crippen LogP contribution in [0, 0.1) is 0 Å². The number of hydrogen-bond donors (Lipinski definition) is 2. The normalized spacial score (nSPS) is 10.1. The van der Waals surface area contributed by atoms with Crippen molar-refractivity contribution in [3.8, 4) is 5.75 Å². The van der Waals surface area contributed by atoms with Crippen LogP contribution in [0.4, 0.5) is 11.4 Å². The number of rotatable bonds is 4. The smallest absolute Gasteiger partial charge is 0.230 e. The number of nitrogens with one attached hydrogen (secondary N) is 1. The summed E-state index contributed by atoms with van der Waals surface area (Å²) in [5.41, 5.74) is 7.46. The van der Waals surface area contributed by atoms with Gasteiger partial charge in [0.25, 0.3) is 0 Å². The molecule has 1 heterocycles. The quantitative estimate of drug-likeness (QED) is 0.900. The maximum Gasteiger partial charge on any atom is 0.230 e. The lowest BCUT2D eigenvalue weighted by molar-refractivity contribution is -0.115. The van der Waals surface area contributed by atoms with Crippen LogP contribution in [-0.2, 0) is 11.2 Å². The van der Waals surface area contributed by atoms with Gasteiger partial charge in [-0.15, -0.1) is 0 Å². The Morgan fingerprint density at radius 2 is 2.20 bits per heavy atom. The topological polar surface area (TPSA) is 77.2 Å². The van der Waals surface area contributed by atoms with E-state index in [1.54, 1.807) is 31.4 Å². The number of amides is 1. The molecule has 0 radical (unpaired) electrons. The van der Waals surface area contributed by atoms with Gasteiger partial charge in [-0.1, -0.05) is 0 Å². The maximum absolute atomic E-state index is 11.9. The Balaban J connectivity index is 2.02. The van der Waals surface area contributed by atoms with E-state index in [1.807, 2.05) is 6.07 Å². The van der Waals surface area contributed by atoms with E-state index >= 15 is 0 Å². The second-order valence-electron chi connectivity index (χ2n) is 4.16. The zero-order valence-electron chi connectivity index (χ0n) is 10.9. The van der Waals surface area contributed by atoms with Gasteiger partial charge in [-0.3, -0.25) is 9.78 Å². The van der Waals surface area contributed by atoms with Crippen molar-refractivity contribution in [2.75, 3.05) is 18.2 Å². The predicted molar refractivity (Wildman–Crippen MR) is 81.7 cm³/mol. The van der Waals surface area contributed by atoms with E-state index < -0.39 is 0 Å². The van der Waals surface area contributed by atoms with Gasteiger partial charge in [0.15, 0.2) is 0 Å². The van der Waals surface area contributed by atoms with Crippen molar-refractivity contribution in [1.29, 1.82) is 0 Å². The lowest BCUT2D eigenvalue weighted by Gasteiger charge is -2.08. The second-order valence-corrected chi connectivity index (χ2v) is 5.01. The first-order valence-corrected chi connectivity index (χ1v) is 6.71. The van der Waals surface area contributed by atoms with Crippen LogP contribution in [0.2, 0.25) is 0 Å². The van der Waals surface area contributed by atoms with Crippen molar-refractivity contribution in [2.45, 2.75) is 6.42 Å². The molecule has 5 nitrogen and oxygen atoms in total. The number of nitrogens with two attached hydrogens (primary N) is 1. The number of aromatic nitrogens is 1. The third-order valence-electron chi connectivity index (χ3n) is 2.62. The average molecular weight is 336 g/mol. The van der Waals surface area contributed by atoms with Crippen LogP contribution in [0.5, 0.6) is 5.75 Å². The minimum atomic E-state index is -0.147. The number of hydrogen-bond acceptors (Lipinski definition) is 4. The van der Waals surface area contributed by atoms with Crippen molar-refractivity contribution in [1.82, 2.24) is 4.98 Å². The number of carbonyl (C=O) groups excluding carboxylic acids is 1. The third kappa shape index (κ3) is 3.71. The summed E-state index contributed by atoms with van der Waals surface area (Å²) in [4.78, 5) is 16.0. The summed E-state index contributed by atoms with van der Waals surface area (Å²) in [7, 11) is 1.57. The van der Waals surface area contributed by atoms with Crippen LogP contribution >= 0.6 is 15.9 Å². The molecule has 0 atom stereocenters. The number of ether oxygens (including phenoxy) is 1. The van der Waals surface area contributed by atoms with Crippen LogP contribution in [0.25, 0.3) is 0 Å². The molecule has 0 unspecified atom stereocenters. The van der Waals surface area contributed by atoms with Crippen LogP contribution in [0.15, 0.2) is 41.0 Å². The Hall–Kier alpha value is -2.08. The molecule has 6 heteroatoms. The molecular formula is C14H14BrN3O2. The highest BCUT2D eigenvalue weighted by Crippen LogP contribution is 2.27. The van der Waals surface area contributed by atoms with Gasteiger partial charge in [-0.05, 0) is 40.2 Å². The molecule has 0 saturated carbocycles. The molecule has 0 fully saturated rings. The Morgan fingerprint density at radius 1 is 1.40 bits per heavy atom. The zero-order valence-corrected chi connectivity index (χ0v) is 12.5. The van der Waals surface area contributed by atoms with Gasteiger partial charge < -0.3 is 15.8 Å². The third-order valence-corrected chi connectivity index (χ3v) is 3.28. The summed E-state index contributed by atoms with van der Waals surface area (Å²) in [5, 5.41) is 2.80. The Kier molecular flexibility index (Phi) is 4.57. The van der Waals surface area contributed by atoms with Crippen molar-refractivity contribution in [3.63, 3.8) is 0 Å². The second kappa shape index (κ2) is 6.38. The summed E-state index contributed by atoms with van der Waals surface area (Å²) in [6.45, 7) is 0. The highest BCUT2D eigenvalue weighted by atomic mass is 79.9. The van der Waals surface area contributed by atoms with Gasteiger partial charge in [0.2, 0.25) is 5.91 Å². The van der Waals surface area contributed by atoms with Crippen LogP contribution in [0.1, 0.15) is 5.69 Å². The number of halogens is 1. The minimum Gasteiger partial charge on any atom is -0.495 e. The monoisotopic (exact) mass is 335 g/mol. The van der Waals surface area contributed by atoms with E-state index in [9.17, 15) is 4.79 Å². The molecule has 20 heavy (non-hydrogen) atoms. The van der Waals surface area contributed by atoms with Gasteiger partial charge in [0, 0.05) is 17.4 Å². The van der Waals surface area contributed by atoms with E-state index in [0.29, 0.717) is 22.8 Å². The molecule has 3 N–H and O–H groups in total. The molecule has 104 valence electrons. The Morgan fingerprint density at radius 3 is 2.85 bits per heavy atom. The van der Waals surface area contributed by atoms with Gasteiger partial charge in [-0.25, -0.2) is 0 Å². The number of nitrogens with zero attached hydrogens (tertiary/aromatic N) is 1. The SMILES string of the molecule is COc1cc(NC(=O)Cc2ccc(N)cn2)ccc1Br. The van der Waals surface area contributed by atoms with E-state index in [-0.39, 0.29) is 12.3 Å². The van der Waals surface area contributed by atoms with Gasteiger partial charge in [0.1, 0.15) is 5.75 Å². The molecule has 0 bridgehead atoms. The molecule has 0 aliphatic carbocycles. The van der Waals surface area contributed by atoms with Crippen molar-refractivity contribution in [2.24, 2.45) is 0 Å². The lowest BCUT2D eigenvalue weighted by Crippen LogP contribution is -2.15. The molecule has 0 spiro atoms. The molecule has 0 saturated heterocycles. The first-order valence-electron chi connectivity index (χ1n) is 5.92. The standard InChI is InChI=1S/C14H14BrN3O2/c1-20-13-6-11(4-5-12(13)15)18-14(19)7-10-3-2-9(16)8-17-10/h2-6,8H,7,16H2,1H3,(H,18,19). The number of nitrogen functional groups attached to an aromatic ring is 1. The molecule has 2 aromatic rings. The van der Waals surface area contributed by atoms with Crippen LogP contribution < -0.4 is 15.8 Å². The molecule has 1 aromatic carbocycles. The summed E-state index contributed by atoms with van der Waals surface area (Å²) in [6, 6.07) is 8.81. The van der Waals surface area contributed by atoms with E-state index in [1.165, 1.54) is 6.20 Å². The van der Waals surface area contributed by atoms with E-state index in [4.69, 9.17) is 10.5 Å². The average Bonchev–Trinajstić information content (AvgIpc) is 2.43. The summed E-state index contributed by atoms with van der Waals surface area (Å²) >= 11 is 3.36. The fraction of sp³-hybridized carbons (Fsp3) is 0.143. The fourth-order valence-electron chi connectivity index (χ4n) is 1.65. The van der Waals surface area contributed by atoms with E-state index in [0.717, 1.165) is 4.47 Å². The summed E-state index contributed by atoms with van der Waals surface area (Å²) in [5.74, 6) is 0.514. The Bertz CT molecular complexity index is 614. The van der Waals surface area contributed by atoms with Crippen LogP contribution in [0.3, 0.4) is 0 Å². The van der Waals surface area contributed by atoms with E-state index in [2.05, 4.69) is 26.2 Å². The lowest BCUT2D eigenvalue weighted by atomic mass is 10.2. The highest BCUT2D eigenvalue weighted by Gasteiger charge is 2.07. The first-order chi connectivity index (χ1) is 9.58. The van der Waals surface area contributed by atoms with Crippen LogP contribution in [-0.4, -0.2) is 18.0 Å². The number of benzene rings is 1. The highest BCUT2D eigenvalue weighted by molar-refractivity contribution is 9.10. The summed E-state index contributed by atoms with van der Waals surface area (Å²) < 4.78 is 6.01. The number of carbonyl (C=O) groups is 1. The zero-order chi connectivity index (χ0) is 14.5. The molecule has 1 amide bonds. The maximum atomic E-state index is 11.9. The predicted octanol–water partition coefficient (Wildman–Crippen LogP) is 2.62. The van der Waals surface area contributed by atoms with Crippen molar-refractivity contribution >= 4 is 33.2 Å². The van der Waals surface area contributed by atoms with Crippen molar-refractivity contribution < 1.29 is 9.53 Å². The number of methoxy groups -OCH3 is 1. The molecule has 0 aliphatic heterocycles. The van der Waals surface area contributed by atoms with Gasteiger partial charge in [0.05, 0.1) is 29.9 Å². The fourth-order valence-corrected chi connectivity index (χ4v) is 2.06. The number of pyridine rings is 1. The molecule has 0 aliphatic rings. The van der Waals surface area contributed by atoms with Crippen molar-refractivity contribution in [3.05, 3.63) is 46.7 Å². The Labute approximate surface area is 125 Å². The minimum absolute atomic E-state index is 0.147. The van der Waals surface area contributed by atoms with Gasteiger partial charge in [-0.2, -0.15) is 0 Å². The first kappa shape index (κ1) is 14.3. The largest absolute Gasteiger partial charge is 0.495 e. The summed E-state index contributed by atoms with van der Waals surface area (Å²) in [6.07, 6.45) is 1.73. The molecule has 1 aromatic heterocycles. The number of anilines is 2. The molecule has 2 rings (SSSR count).